The van der Waals surface area contributed by atoms with Gasteiger partial charge in [0.05, 0.1) is 0 Å². The van der Waals surface area contributed by atoms with E-state index in [0.29, 0.717) is 0 Å². The summed E-state index contributed by atoms with van der Waals surface area (Å²) in [6, 6.07) is 8.57. The van der Waals surface area contributed by atoms with Crippen molar-refractivity contribution in [1.82, 2.24) is 0 Å². The average molecular weight is 289 g/mol. The molecule has 0 bridgehead atoms. The van der Waals surface area contributed by atoms with Crippen LogP contribution in [0, 0.1) is 3.57 Å². The van der Waals surface area contributed by atoms with Gasteiger partial charge in [0.15, 0.2) is 0 Å². The largest absolute Gasteiger partial charge is 0.324 e. The van der Waals surface area contributed by atoms with Crippen molar-refractivity contribution in [3.63, 3.8) is 0 Å². The van der Waals surface area contributed by atoms with Crippen LogP contribution >= 0.6 is 22.6 Å². The van der Waals surface area contributed by atoms with Crippen LogP contribution < -0.4 is 5.73 Å². The van der Waals surface area contributed by atoms with Crippen LogP contribution in [0.15, 0.2) is 24.3 Å². The topological polar surface area (TPSA) is 26.0 Å². The first-order chi connectivity index (χ1) is 6.25. The molecule has 13 heavy (non-hydrogen) atoms. The second-order valence-electron chi connectivity index (χ2n) is 3.27. The van der Waals surface area contributed by atoms with E-state index in [0.717, 1.165) is 6.42 Å². The molecule has 1 aromatic carbocycles. The van der Waals surface area contributed by atoms with Crippen molar-refractivity contribution in [1.29, 1.82) is 0 Å². The molecule has 72 valence electrons. The first-order valence-corrected chi connectivity index (χ1v) is 5.83. The van der Waals surface area contributed by atoms with Crippen LogP contribution in [0.1, 0.15) is 37.8 Å². The van der Waals surface area contributed by atoms with Gasteiger partial charge in [-0.15, -0.1) is 0 Å². The van der Waals surface area contributed by atoms with E-state index in [-0.39, 0.29) is 6.04 Å². The molecule has 0 aliphatic rings. The zero-order valence-corrected chi connectivity index (χ0v) is 10.1. The molecule has 1 atom stereocenters. The summed E-state index contributed by atoms with van der Waals surface area (Å²) < 4.78 is 1.28. The molecule has 0 saturated carbocycles. The molecule has 0 unspecified atom stereocenters. The Morgan fingerprint density at radius 3 is 2.69 bits per heavy atom. The zero-order valence-electron chi connectivity index (χ0n) is 7.96. The Labute approximate surface area is 93.9 Å². The van der Waals surface area contributed by atoms with E-state index in [1.54, 1.807) is 0 Å². The SMILES string of the molecule is CCCC[C@@H](N)c1ccccc1I. The van der Waals surface area contributed by atoms with Gasteiger partial charge in [-0.1, -0.05) is 38.0 Å². The Morgan fingerprint density at radius 1 is 1.38 bits per heavy atom. The summed E-state index contributed by atoms with van der Waals surface area (Å²) in [6.45, 7) is 2.20. The zero-order chi connectivity index (χ0) is 9.68. The first kappa shape index (κ1) is 11.0. The number of hydrogen-bond donors (Lipinski definition) is 1. The Hall–Kier alpha value is -0.0900. The van der Waals surface area contributed by atoms with Gasteiger partial charge in [0, 0.05) is 9.61 Å². The second kappa shape index (κ2) is 5.60. The molecule has 0 spiro atoms. The van der Waals surface area contributed by atoms with Crippen molar-refractivity contribution < 1.29 is 0 Å². The third-order valence-corrected chi connectivity index (χ3v) is 3.16. The Kier molecular flexibility index (Phi) is 4.73. The van der Waals surface area contributed by atoms with Gasteiger partial charge >= 0.3 is 0 Å². The van der Waals surface area contributed by atoms with Crippen molar-refractivity contribution in [2.75, 3.05) is 0 Å². The van der Waals surface area contributed by atoms with E-state index < -0.39 is 0 Å². The lowest BCUT2D eigenvalue weighted by Crippen LogP contribution is -2.11. The molecule has 1 aromatic rings. The number of nitrogens with two attached hydrogens (primary N) is 1. The van der Waals surface area contributed by atoms with Crippen LogP contribution in [-0.4, -0.2) is 0 Å². The molecule has 1 nitrogen and oxygen atoms in total. The second-order valence-corrected chi connectivity index (χ2v) is 4.43. The van der Waals surface area contributed by atoms with Gasteiger partial charge < -0.3 is 5.73 Å². The van der Waals surface area contributed by atoms with Crippen LogP contribution in [0.5, 0.6) is 0 Å². The lowest BCUT2D eigenvalue weighted by Gasteiger charge is -2.12. The standard InChI is InChI=1S/C11H16IN/c1-2-3-8-11(13)9-6-4-5-7-10(9)12/h4-7,11H,2-3,8,13H2,1H3/t11-/m1/s1. The third-order valence-electron chi connectivity index (χ3n) is 2.17. The number of hydrogen-bond acceptors (Lipinski definition) is 1. The summed E-state index contributed by atoms with van der Waals surface area (Å²) >= 11 is 2.35. The maximum Gasteiger partial charge on any atom is 0.0305 e. The molecule has 2 heteroatoms. The minimum Gasteiger partial charge on any atom is -0.324 e. The van der Waals surface area contributed by atoms with Crippen molar-refractivity contribution in [3.8, 4) is 0 Å². The molecule has 0 aliphatic heterocycles. The molecule has 0 amide bonds. The van der Waals surface area contributed by atoms with E-state index in [2.05, 4.69) is 53.8 Å². The normalized spacial score (nSPS) is 12.8. The van der Waals surface area contributed by atoms with E-state index in [1.807, 2.05) is 0 Å². The Bertz CT molecular complexity index is 260. The van der Waals surface area contributed by atoms with E-state index in [9.17, 15) is 0 Å². The third kappa shape index (κ3) is 3.27. The van der Waals surface area contributed by atoms with Crippen LogP contribution in [0.25, 0.3) is 0 Å². The van der Waals surface area contributed by atoms with Gasteiger partial charge in [-0.25, -0.2) is 0 Å². The van der Waals surface area contributed by atoms with Crippen LogP contribution in [0.2, 0.25) is 0 Å². The lowest BCUT2D eigenvalue weighted by molar-refractivity contribution is 0.601. The van der Waals surface area contributed by atoms with Crippen LogP contribution in [0.3, 0.4) is 0 Å². The van der Waals surface area contributed by atoms with Crippen molar-refractivity contribution in [2.24, 2.45) is 5.73 Å². The molecule has 0 radical (unpaired) electrons. The maximum atomic E-state index is 6.08. The quantitative estimate of drug-likeness (QED) is 0.844. The predicted molar refractivity (Wildman–Crippen MR) is 65.6 cm³/mol. The summed E-state index contributed by atoms with van der Waals surface area (Å²) in [4.78, 5) is 0. The number of benzene rings is 1. The highest BCUT2D eigenvalue weighted by Crippen LogP contribution is 2.21. The lowest BCUT2D eigenvalue weighted by atomic mass is 10.0. The summed E-state index contributed by atoms with van der Waals surface area (Å²) in [5, 5.41) is 0. The smallest absolute Gasteiger partial charge is 0.0305 e. The minimum absolute atomic E-state index is 0.216. The fourth-order valence-corrected chi connectivity index (χ4v) is 2.14. The summed E-state index contributed by atoms with van der Waals surface area (Å²) in [7, 11) is 0. The van der Waals surface area contributed by atoms with E-state index in [4.69, 9.17) is 5.73 Å². The Morgan fingerprint density at radius 2 is 2.08 bits per heavy atom. The van der Waals surface area contributed by atoms with E-state index in [1.165, 1.54) is 22.0 Å². The van der Waals surface area contributed by atoms with Crippen LogP contribution in [-0.2, 0) is 0 Å². The van der Waals surface area contributed by atoms with Gasteiger partial charge in [0.25, 0.3) is 0 Å². The predicted octanol–water partition coefficient (Wildman–Crippen LogP) is 3.48. The molecule has 1 rings (SSSR count). The highest BCUT2D eigenvalue weighted by molar-refractivity contribution is 14.1. The summed E-state index contributed by atoms with van der Waals surface area (Å²) in [6.07, 6.45) is 3.53. The van der Waals surface area contributed by atoms with Gasteiger partial charge in [-0.3, -0.25) is 0 Å². The average Bonchev–Trinajstić information content (AvgIpc) is 2.15. The van der Waals surface area contributed by atoms with Crippen molar-refractivity contribution in [2.45, 2.75) is 32.2 Å². The molecule has 0 fully saturated rings. The summed E-state index contributed by atoms with van der Waals surface area (Å²) in [5.74, 6) is 0. The maximum absolute atomic E-state index is 6.08. The van der Waals surface area contributed by atoms with Crippen molar-refractivity contribution >= 4 is 22.6 Å². The molecule has 2 N–H and O–H groups in total. The van der Waals surface area contributed by atoms with Gasteiger partial charge in [-0.05, 0) is 40.6 Å². The minimum atomic E-state index is 0.216. The monoisotopic (exact) mass is 289 g/mol. The van der Waals surface area contributed by atoms with Crippen molar-refractivity contribution in [3.05, 3.63) is 33.4 Å². The highest BCUT2D eigenvalue weighted by atomic mass is 127. The van der Waals surface area contributed by atoms with E-state index >= 15 is 0 Å². The first-order valence-electron chi connectivity index (χ1n) is 4.75. The summed E-state index contributed by atoms with van der Waals surface area (Å²) in [5.41, 5.74) is 7.37. The highest BCUT2D eigenvalue weighted by Gasteiger charge is 2.07. The van der Waals surface area contributed by atoms with Gasteiger partial charge in [0.2, 0.25) is 0 Å². The molecular weight excluding hydrogens is 273 g/mol. The van der Waals surface area contributed by atoms with Crippen LogP contribution in [0.4, 0.5) is 0 Å². The fraction of sp³-hybridized carbons (Fsp3) is 0.455. The number of halogens is 1. The molecule has 0 heterocycles. The molecule has 0 aromatic heterocycles. The number of unbranched alkanes of at least 4 members (excludes halogenated alkanes) is 1. The Balaban J connectivity index is 2.65. The molecule has 0 saturated heterocycles. The van der Waals surface area contributed by atoms with Gasteiger partial charge in [-0.2, -0.15) is 0 Å². The number of rotatable bonds is 4. The molecule has 0 aliphatic carbocycles. The fourth-order valence-electron chi connectivity index (χ4n) is 1.36. The molecular formula is C11H16IN. The van der Waals surface area contributed by atoms with Gasteiger partial charge in [0.1, 0.15) is 0 Å².